The molecule has 1 aliphatic rings. The Morgan fingerprint density at radius 3 is 2.81 bits per heavy atom. The van der Waals surface area contributed by atoms with Crippen molar-refractivity contribution in [1.29, 1.82) is 0 Å². The number of carbonyl (C=O) groups is 1. The van der Waals surface area contributed by atoms with Gasteiger partial charge in [0.05, 0.1) is 19.1 Å². The third-order valence-electron chi connectivity index (χ3n) is 3.64. The number of carbonyl (C=O) groups excluding carboxylic acids is 1. The molecule has 0 bridgehead atoms. The first-order valence-corrected chi connectivity index (χ1v) is 8.09. The van der Waals surface area contributed by atoms with Crippen LogP contribution in [0.1, 0.15) is 24.8 Å². The molecule has 0 saturated carbocycles. The van der Waals surface area contributed by atoms with Crippen LogP contribution in [0.3, 0.4) is 0 Å². The van der Waals surface area contributed by atoms with Gasteiger partial charge in [0.2, 0.25) is 0 Å². The molecule has 1 aromatic carbocycles. The van der Waals surface area contributed by atoms with E-state index in [1.54, 1.807) is 4.90 Å². The molecule has 0 radical (unpaired) electrons. The van der Waals surface area contributed by atoms with Gasteiger partial charge in [-0.3, -0.25) is 0 Å². The van der Waals surface area contributed by atoms with Crippen molar-refractivity contribution in [3.05, 3.63) is 34.3 Å². The van der Waals surface area contributed by atoms with Gasteiger partial charge < -0.3 is 19.5 Å². The summed E-state index contributed by atoms with van der Waals surface area (Å²) in [7, 11) is 0. The number of hydrogen-bond acceptors (Lipinski definition) is 3. The van der Waals surface area contributed by atoms with Gasteiger partial charge in [-0.2, -0.15) is 0 Å². The van der Waals surface area contributed by atoms with E-state index in [1.165, 1.54) is 38.4 Å². The number of hydrogen-bond donors (Lipinski definition) is 1. The van der Waals surface area contributed by atoms with Gasteiger partial charge in [0.25, 0.3) is 0 Å². The third kappa shape index (κ3) is 5.52. The maximum atomic E-state index is 10.5. The smallest absolute Gasteiger partial charge is 0.137 e. The summed E-state index contributed by atoms with van der Waals surface area (Å²) in [5.74, 6) is -0.509. The SMILES string of the molecule is O=C([O-])/C=C/c1cc(Br)ccc1OCC[NH+]1CCCCC1. The fourth-order valence-electron chi connectivity index (χ4n) is 2.55. The van der Waals surface area contributed by atoms with Crippen molar-refractivity contribution in [2.45, 2.75) is 19.3 Å². The highest BCUT2D eigenvalue weighted by Crippen LogP contribution is 2.24. The molecule has 0 spiro atoms. The van der Waals surface area contributed by atoms with Crippen LogP contribution in [0.5, 0.6) is 5.75 Å². The molecular weight excluding hydrogens is 334 g/mol. The number of carboxylic acids is 1. The van der Waals surface area contributed by atoms with Crippen LogP contribution in [-0.4, -0.2) is 32.2 Å². The lowest BCUT2D eigenvalue weighted by molar-refractivity contribution is -0.904. The van der Waals surface area contributed by atoms with E-state index >= 15 is 0 Å². The number of ether oxygens (including phenoxy) is 1. The van der Waals surface area contributed by atoms with E-state index in [-0.39, 0.29) is 0 Å². The van der Waals surface area contributed by atoms with Crippen molar-refractivity contribution < 1.29 is 19.5 Å². The molecule has 0 amide bonds. The van der Waals surface area contributed by atoms with E-state index < -0.39 is 5.97 Å². The van der Waals surface area contributed by atoms with Crippen LogP contribution in [0.2, 0.25) is 0 Å². The molecule has 0 aromatic heterocycles. The van der Waals surface area contributed by atoms with Crippen LogP contribution in [0, 0.1) is 0 Å². The summed E-state index contributed by atoms with van der Waals surface area (Å²) < 4.78 is 6.70. The van der Waals surface area contributed by atoms with Crippen molar-refractivity contribution in [2.24, 2.45) is 0 Å². The summed E-state index contributed by atoms with van der Waals surface area (Å²) in [6.45, 7) is 4.07. The molecule has 0 unspecified atom stereocenters. The lowest BCUT2D eigenvalue weighted by atomic mass is 10.1. The number of aliphatic carboxylic acids is 1. The number of quaternary nitrogens is 1. The van der Waals surface area contributed by atoms with E-state index in [0.717, 1.165) is 22.7 Å². The summed E-state index contributed by atoms with van der Waals surface area (Å²) >= 11 is 3.38. The minimum absolute atomic E-state index is 0.642. The first-order valence-electron chi connectivity index (χ1n) is 7.30. The van der Waals surface area contributed by atoms with Crippen molar-refractivity contribution in [1.82, 2.24) is 0 Å². The van der Waals surface area contributed by atoms with Gasteiger partial charge in [0.1, 0.15) is 18.9 Å². The number of likely N-dealkylation sites (tertiary alicyclic amines) is 1. The molecule has 1 aliphatic heterocycles. The summed E-state index contributed by atoms with van der Waals surface area (Å²) in [5.41, 5.74) is 0.738. The quantitative estimate of drug-likeness (QED) is 0.764. The molecule has 114 valence electrons. The Morgan fingerprint density at radius 2 is 2.10 bits per heavy atom. The minimum Gasteiger partial charge on any atom is -0.545 e. The van der Waals surface area contributed by atoms with Crippen molar-refractivity contribution in [3.8, 4) is 5.75 Å². The Bertz CT molecular complexity index is 510. The van der Waals surface area contributed by atoms with Crippen LogP contribution < -0.4 is 14.7 Å². The number of benzene rings is 1. The highest BCUT2D eigenvalue weighted by molar-refractivity contribution is 9.10. The normalized spacial score (nSPS) is 16.2. The zero-order chi connectivity index (χ0) is 15.1. The topological polar surface area (TPSA) is 53.8 Å². The average molecular weight is 354 g/mol. The standard InChI is InChI=1S/C16H20BrNO3/c17-14-5-6-15(13(12-14)4-7-16(19)20)21-11-10-18-8-2-1-3-9-18/h4-7,12H,1-3,8-11H2,(H,19,20)/b7-4+. The third-order valence-corrected chi connectivity index (χ3v) is 4.14. The van der Waals surface area contributed by atoms with Crippen molar-refractivity contribution in [3.63, 3.8) is 0 Å². The maximum Gasteiger partial charge on any atom is 0.137 e. The van der Waals surface area contributed by atoms with Crippen molar-refractivity contribution >= 4 is 28.0 Å². The molecule has 21 heavy (non-hydrogen) atoms. The number of nitrogens with one attached hydrogen (secondary N) is 1. The summed E-state index contributed by atoms with van der Waals surface area (Å²) in [4.78, 5) is 12.1. The van der Waals surface area contributed by atoms with Gasteiger partial charge in [-0.15, -0.1) is 0 Å². The van der Waals surface area contributed by atoms with Crippen LogP contribution in [-0.2, 0) is 4.79 Å². The van der Waals surface area contributed by atoms with Gasteiger partial charge in [-0.05, 0) is 49.6 Å². The molecule has 4 nitrogen and oxygen atoms in total. The fourth-order valence-corrected chi connectivity index (χ4v) is 2.92. The second-order valence-electron chi connectivity index (χ2n) is 5.24. The largest absolute Gasteiger partial charge is 0.545 e. The highest BCUT2D eigenvalue weighted by Gasteiger charge is 2.13. The molecule has 2 rings (SSSR count). The molecular formula is C16H20BrNO3. The Kier molecular flexibility index (Phi) is 6.26. The number of rotatable bonds is 6. The molecule has 0 atom stereocenters. The van der Waals surface area contributed by atoms with E-state index in [9.17, 15) is 9.90 Å². The zero-order valence-electron chi connectivity index (χ0n) is 11.9. The monoisotopic (exact) mass is 353 g/mol. The second-order valence-corrected chi connectivity index (χ2v) is 6.16. The van der Waals surface area contributed by atoms with Crippen LogP contribution in [0.25, 0.3) is 6.08 Å². The molecule has 1 aromatic rings. The van der Waals surface area contributed by atoms with E-state index in [4.69, 9.17) is 4.74 Å². The lowest BCUT2D eigenvalue weighted by Gasteiger charge is -2.23. The second kappa shape index (κ2) is 8.20. The predicted octanol–water partition coefficient (Wildman–Crippen LogP) is 0.660. The molecule has 1 heterocycles. The van der Waals surface area contributed by atoms with Gasteiger partial charge >= 0.3 is 0 Å². The van der Waals surface area contributed by atoms with Crippen LogP contribution in [0.4, 0.5) is 0 Å². The maximum absolute atomic E-state index is 10.5. The highest BCUT2D eigenvalue weighted by atomic mass is 79.9. The van der Waals surface area contributed by atoms with Gasteiger partial charge in [-0.1, -0.05) is 15.9 Å². The first-order chi connectivity index (χ1) is 10.1. The fraction of sp³-hybridized carbons (Fsp3) is 0.438. The van der Waals surface area contributed by atoms with Crippen LogP contribution >= 0.6 is 15.9 Å². The first kappa shape index (κ1) is 16.0. The Labute approximate surface area is 133 Å². The summed E-state index contributed by atoms with van der Waals surface area (Å²) in [6.07, 6.45) is 6.46. The Morgan fingerprint density at radius 1 is 1.33 bits per heavy atom. The number of piperidine rings is 1. The van der Waals surface area contributed by atoms with Crippen molar-refractivity contribution in [2.75, 3.05) is 26.2 Å². The average Bonchev–Trinajstić information content (AvgIpc) is 2.48. The molecule has 1 fully saturated rings. The molecule has 0 aliphatic carbocycles. The van der Waals surface area contributed by atoms with Gasteiger partial charge in [0, 0.05) is 10.0 Å². The molecule has 5 heteroatoms. The van der Waals surface area contributed by atoms with E-state index in [0.29, 0.717) is 12.4 Å². The van der Waals surface area contributed by atoms with E-state index in [2.05, 4.69) is 15.9 Å². The minimum atomic E-state index is -1.21. The number of carboxylic acid groups (broad SMARTS) is 1. The van der Waals surface area contributed by atoms with Gasteiger partial charge in [0.15, 0.2) is 0 Å². The molecule has 1 N–H and O–H groups in total. The Balaban J connectivity index is 1.93. The molecule has 1 saturated heterocycles. The lowest BCUT2D eigenvalue weighted by Crippen LogP contribution is -3.13. The van der Waals surface area contributed by atoms with Gasteiger partial charge in [-0.25, -0.2) is 0 Å². The predicted molar refractivity (Wildman–Crippen MR) is 83.1 cm³/mol. The number of halogens is 1. The zero-order valence-corrected chi connectivity index (χ0v) is 13.5. The van der Waals surface area contributed by atoms with E-state index in [1.807, 2.05) is 18.2 Å². The Hall–Kier alpha value is -1.33. The summed E-state index contributed by atoms with van der Waals surface area (Å²) in [6, 6.07) is 5.58. The van der Waals surface area contributed by atoms with Crippen LogP contribution in [0.15, 0.2) is 28.7 Å². The summed E-state index contributed by atoms with van der Waals surface area (Å²) in [5, 5.41) is 10.5.